The summed E-state index contributed by atoms with van der Waals surface area (Å²) in [6, 6.07) is 10.5. The number of rotatable bonds is 3. The van der Waals surface area contributed by atoms with Crippen LogP contribution in [0.3, 0.4) is 0 Å². The molecular weight excluding hydrogens is 352 g/mol. The first-order valence-corrected chi connectivity index (χ1v) is 11.8. The van der Waals surface area contributed by atoms with Gasteiger partial charge in [0.05, 0.1) is 20.8 Å². The fourth-order valence-corrected chi connectivity index (χ4v) is 5.37. The molecule has 1 aliphatic heterocycles. The number of hydrogen-bond donors (Lipinski definition) is 0. The Labute approximate surface area is 144 Å². The minimum atomic E-state index is -1.64. The van der Waals surface area contributed by atoms with Crippen molar-refractivity contribution >= 4 is 24.0 Å². The van der Waals surface area contributed by atoms with Crippen molar-refractivity contribution < 1.29 is 4.74 Å². The van der Waals surface area contributed by atoms with Gasteiger partial charge in [-0.1, -0.05) is 85.3 Å². The maximum Gasteiger partial charge on any atom is 0.0929 e. The summed E-state index contributed by atoms with van der Waals surface area (Å²) < 4.78 is 6.15. The third-order valence-corrected chi connectivity index (χ3v) is 11.7. The van der Waals surface area contributed by atoms with Gasteiger partial charge < -0.3 is 4.74 Å². The second kappa shape index (κ2) is 6.46. The molecule has 22 heavy (non-hydrogen) atoms. The first-order valence-electron chi connectivity index (χ1n) is 7.85. The lowest BCUT2D eigenvalue weighted by Crippen LogP contribution is -2.42. The highest BCUT2D eigenvalue weighted by Gasteiger charge is 2.45. The van der Waals surface area contributed by atoms with Crippen LogP contribution in [0, 0.1) is 5.92 Å². The molecule has 0 amide bonds. The van der Waals surface area contributed by atoms with Crippen molar-refractivity contribution in [2.75, 3.05) is 6.61 Å². The van der Waals surface area contributed by atoms with Crippen molar-refractivity contribution in [3.8, 4) is 0 Å². The maximum absolute atomic E-state index is 6.15. The van der Waals surface area contributed by atoms with E-state index in [2.05, 4.69) is 86.7 Å². The van der Waals surface area contributed by atoms with Crippen LogP contribution in [0.4, 0.5) is 0 Å². The zero-order valence-electron chi connectivity index (χ0n) is 14.3. The van der Waals surface area contributed by atoms with Gasteiger partial charge in [0.1, 0.15) is 0 Å². The van der Waals surface area contributed by atoms with Gasteiger partial charge in [0.2, 0.25) is 0 Å². The van der Waals surface area contributed by atoms with Crippen LogP contribution < -0.4 is 0 Å². The molecule has 1 aromatic carbocycles. The van der Waals surface area contributed by atoms with Gasteiger partial charge in [0.25, 0.3) is 0 Å². The van der Waals surface area contributed by atoms with Gasteiger partial charge in [0.15, 0.2) is 0 Å². The third-order valence-electron chi connectivity index (χ3n) is 5.45. The van der Waals surface area contributed by atoms with Crippen molar-refractivity contribution in [2.24, 2.45) is 5.92 Å². The lowest BCUT2D eigenvalue weighted by molar-refractivity contribution is 0.0995. The predicted molar refractivity (Wildman–Crippen MR) is 102 cm³/mol. The summed E-state index contributed by atoms with van der Waals surface area (Å²) in [6.45, 7) is 17.1. The number of hydrogen-bond acceptors (Lipinski definition) is 1. The fraction of sp³-hybridized carbons (Fsp3) is 0.474. The SMILES string of the molecule is C=C([C@@H]1/C(=C\Br)CO[C@H]1c1ccccc1)[Si](C)(C)C(C)(C)C. The van der Waals surface area contributed by atoms with Crippen molar-refractivity contribution in [3.05, 3.63) is 58.2 Å². The van der Waals surface area contributed by atoms with E-state index in [9.17, 15) is 0 Å². The highest BCUT2D eigenvalue weighted by Crippen LogP contribution is 2.50. The second-order valence-electron chi connectivity index (χ2n) is 7.70. The molecule has 1 nitrogen and oxygen atoms in total. The molecule has 0 spiro atoms. The van der Waals surface area contributed by atoms with Crippen molar-refractivity contribution in [1.82, 2.24) is 0 Å². The summed E-state index contributed by atoms with van der Waals surface area (Å²) >= 11 is 3.53. The third kappa shape index (κ3) is 3.17. The van der Waals surface area contributed by atoms with Crippen LogP contribution in [-0.2, 0) is 4.74 Å². The molecule has 0 N–H and O–H groups in total. The van der Waals surface area contributed by atoms with Crippen LogP contribution in [0.2, 0.25) is 18.1 Å². The normalized spacial score (nSPS) is 24.7. The summed E-state index contributed by atoms with van der Waals surface area (Å²) in [5.74, 6) is 0.280. The molecule has 0 aromatic heterocycles. The Morgan fingerprint density at radius 2 is 1.86 bits per heavy atom. The van der Waals surface area contributed by atoms with E-state index < -0.39 is 8.07 Å². The average molecular weight is 379 g/mol. The maximum atomic E-state index is 6.15. The molecule has 1 saturated heterocycles. The zero-order chi connectivity index (χ0) is 16.5. The Morgan fingerprint density at radius 3 is 2.36 bits per heavy atom. The van der Waals surface area contributed by atoms with E-state index in [4.69, 9.17) is 4.74 Å². The minimum absolute atomic E-state index is 0.0895. The zero-order valence-corrected chi connectivity index (χ0v) is 16.9. The monoisotopic (exact) mass is 378 g/mol. The topological polar surface area (TPSA) is 9.23 Å². The van der Waals surface area contributed by atoms with E-state index in [0.29, 0.717) is 6.61 Å². The number of benzene rings is 1. The van der Waals surface area contributed by atoms with Gasteiger partial charge in [-0.05, 0) is 21.2 Å². The molecule has 1 aromatic rings. The van der Waals surface area contributed by atoms with Crippen LogP contribution in [0.25, 0.3) is 0 Å². The standard InChI is InChI=1S/C19H27BrOSi/c1-14(22(5,6)19(2,3)4)17-16(12-20)13-21-18(17)15-10-8-7-9-11-15/h7-12,17-18H,1,13H2,2-6H3/b16-12-/t17-,18+/m1/s1. The first-order chi connectivity index (χ1) is 10.2. The van der Waals surface area contributed by atoms with Gasteiger partial charge in [-0.2, -0.15) is 0 Å². The number of ether oxygens (including phenoxy) is 1. The Bertz CT molecular complexity index is 569. The Hall–Kier alpha value is -0.643. The van der Waals surface area contributed by atoms with Gasteiger partial charge in [-0.25, -0.2) is 0 Å². The van der Waals surface area contributed by atoms with Crippen molar-refractivity contribution in [3.63, 3.8) is 0 Å². The quantitative estimate of drug-likeness (QED) is 0.564. The van der Waals surface area contributed by atoms with E-state index >= 15 is 0 Å². The van der Waals surface area contributed by atoms with E-state index in [1.165, 1.54) is 16.3 Å². The van der Waals surface area contributed by atoms with Gasteiger partial charge >= 0.3 is 0 Å². The lowest BCUT2D eigenvalue weighted by atomic mass is 9.92. The molecule has 2 atom stereocenters. The molecule has 3 heteroatoms. The lowest BCUT2D eigenvalue weighted by Gasteiger charge is -2.42. The summed E-state index contributed by atoms with van der Waals surface area (Å²) in [7, 11) is -1.64. The molecule has 2 rings (SSSR count). The molecule has 0 bridgehead atoms. The van der Waals surface area contributed by atoms with Gasteiger partial charge in [-0.15, -0.1) is 6.58 Å². The van der Waals surface area contributed by atoms with E-state index in [1.54, 1.807) is 0 Å². The second-order valence-corrected chi connectivity index (χ2v) is 13.6. The van der Waals surface area contributed by atoms with Crippen molar-refractivity contribution in [1.29, 1.82) is 0 Å². The molecule has 1 fully saturated rings. The Morgan fingerprint density at radius 1 is 1.27 bits per heavy atom. The fourth-order valence-electron chi connectivity index (χ4n) is 2.87. The predicted octanol–water partition coefficient (Wildman–Crippen LogP) is 6.26. The largest absolute Gasteiger partial charge is 0.368 e. The Balaban J connectivity index is 2.42. The Kier molecular flexibility index (Phi) is 5.20. The molecule has 0 saturated carbocycles. The molecule has 0 unspecified atom stereocenters. The smallest absolute Gasteiger partial charge is 0.0929 e. The molecule has 120 valence electrons. The summed E-state index contributed by atoms with van der Waals surface area (Å²) in [5.41, 5.74) is 2.56. The van der Waals surface area contributed by atoms with Crippen LogP contribution in [0.5, 0.6) is 0 Å². The highest BCUT2D eigenvalue weighted by atomic mass is 79.9. The van der Waals surface area contributed by atoms with Crippen molar-refractivity contribution in [2.45, 2.75) is 45.0 Å². The van der Waals surface area contributed by atoms with E-state index in [-0.39, 0.29) is 17.1 Å². The number of halogens is 1. The van der Waals surface area contributed by atoms with Crippen LogP contribution in [0.15, 0.2) is 52.7 Å². The molecule has 1 heterocycles. The summed E-state index contributed by atoms with van der Waals surface area (Å²) in [6.07, 6.45) is 0.0895. The molecule has 0 aliphatic carbocycles. The van der Waals surface area contributed by atoms with E-state index in [1.807, 2.05) is 4.99 Å². The summed E-state index contributed by atoms with van der Waals surface area (Å²) in [5, 5.41) is 1.67. The first kappa shape index (κ1) is 17.7. The van der Waals surface area contributed by atoms with Gasteiger partial charge in [0, 0.05) is 5.92 Å². The average Bonchev–Trinajstić information content (AvgIpc) is 2.89. The van der Waals surface area contributed by atoms with Crippen LogP contribution in [0.1, 0.15) is 32.4 Å². The highest BCUT2D eigenvalue weighted by molar-refractivity contribution is 9.11. The minimum Gasteiger partial charge on any atom is -0.368 e. The molecule has 1 aliphatic rings. The molecule has 0 radical (unpaired) electrons. The van der Waals surface area contributed by atoms with Crippen LogP contribution in [-0.4, -0.2) is 14.7 Å². The van der Waals surface area contributed by atoms with E-state index in [0.717, 1.165) is 0 Å². The summed E-state index contributed by atoms with van der Waals surface area (Å²) in [4.78, 5) is 2.04. The van der Waals surface area contributed by atoms with Gasteiger partial charge in [-0.3, -0.25) is 0 Å². The molecular formula is C19H27BrOSi. The van der Waals surface area contributed by atoms with Crippen LogP contribution >= 0.6 is 15.9 Å².